The van der Waals surface area contributed by atoms with Gasteiger partial charge in [-0.05, 0) is 75.3 Å². The highest BCUT2D eigenvalue weighted by molar-refractivity contribution is 7.21. The smallest absolute Gasteiger partial charge is 0.331 e. The zero-order valence-corrected chi connectivity index (χ0v) is 21.8. The molecule has 2 aromatic heterocycles. The van der Waals surface area contributed by atoms with Crippen LogP contribution in [0.1, 0.15) is 28.1 Å². The van der Waals surface area contributed by atoms with Crippen molar-refractivity contribution in [2.75, 3.05) is 30.4 Å². The van der Waals surface area contributed by atoms with E-state index in [0.717, 1.165) is 36.9 Å². The van der Waals surface area contributed by atoms with Crippen LogP contribution in [0.15, 0.2) is 54.7 Å². The van der Waals surface area contributed by atoms with Crippen molar-refractivity contribution >= 4 is 50.6 Å². The Labute approximate surface area is 223 Å². The van der Waals surface area contributed by atoms with Crippen LogP contribution in [0.3, 0.4) is 0 Å². The second kappa shape index (κ2) is 9.70. The van der Waals surface area contributed by atoms with Gasteiger partial charge in [-0.3, -0.25) is 9.69 Å². The summed E-state index contributed by atoms with van der Waals surface area (Å²) in [6.45, 7) is 3.68. The number of para-hydroxylation sites is 1. The highest BCUT2D eigenvalue weighted by Crippen LogP contribution is 2.46. The molecule has 4 heterocycles. The molecule has 0 spiro atoms. The fourth-order valence-corrected chi connectivity index (χ4v) is 6.14. The summed E-state index contributed by atoms with van der Waals surface area (Å²) >= 11 is 1.27. The van der Waals surface area contributed by atoms with Crippen LogP contribution in [-0.2, 0) is 0 Å². The first-order chi connectivity index (χ1) is 18.4. The first kappa shape index (κ1) is 24.3. The SMILES string of the molecule is Cc1cc(Oc2ccccc2F)ccc1N1C(=O)Nc2c(C(=O)N[C@H]3CCCN(C)C3)sc3nccc1c23. The quantitative estimate of drug-likeness (QED) is 0.328. The van der Waals surface area contributed by atoms with Crippen molar-refractivity contribution in [2.24, 2.45) is 0 Å². The Hall–Kier alpha value is -4.02. The molecule has 6 rings (SSSR count). The summed E-state index contributed by atoms with van der Waals surface area (Å²) in [5, 5.41) is 6.81. The number of urea groups is 1. The van der Waals surface area contributed by atoms with Gasteiger partial charge in [-0.1, -0.05) is 12.1 Å². The van der Waals surface area contributed by atoms with E-state index >= 15 is 0 Å². The van der Waals surface area contributed by atoms with Crippen molar-refractivity contribution < 1.29 is 18.7 Å². The fraction of sp³-hybridized carbons (Fsp3) is 0.250. The van der Waals surface area contributed by atoms with E-state index in [9.17, 15) is 14.0 Å². The Morgan fingerprint density at radius 3 is 2.84 bits per heavy atom. The molecule has 0 saturated carbocycles. The molecule has 2 aromatic carbocycles. The third kappa shape index (κ3) is 4.35. The molecule has 1 fully saturated rings. The van der Waals surface area contributed by atoms with Crippen molar-refractivity contribution in [3.63, 3.8) is 0 Å². The van der Waals surface area contributed by atoms with Gasteiger partial charge >= 0.3 is 6.03 Å². The van der Waals surface area contributed by atoms with E-state index in [2.05, 4.69) is 20.5 Å². The largest absolute Gasteiger partial charge is 0.454 e. The number of aryl methyl sites for hydroxylation is 1. The molecule has 38 heavy (non-hydrogen) atoms. The maximum absolute atomic E-state index is 14.1. The Morgan fingerprint density at radius 1 is 1.21 bits per heavy atom. The maximum atomic E-state index is 14.1. The van der Waals surface area contributed by atoms with Crippen LogP contribution < -0.4 is 20.3 Å². The van der Waals surface area contributed by atoms with Gasteiger partial charge in [0.05, 0.1) is 22.4 Å². The van der Waals surface area contributed by atoms with E-state index in [-0.39, 0.29) is 23.7 Å². The van der Waals surface area contributed by atoms with Gasteiger partial charge in [0.25, 0.3) is 5.91 Å². The van der Waals surface area contributed by atoms with Crippen LogP contribution in [0.2, 0.25) is 0 Å². The van der Waals surface area contributed by atoms with Crippen molar-refractivity contribution in [3.05, 3.63) is 71.0 Å². The normalized spacial score (nSPS) is 17.4. The molecule has 0 radical (unpaired) electrons. The molecule has 4 aromatic rings. The molecule has 1 saturated heterocycles. The molecular weight excluding hydrogens is 505 g/mol. The third-order valence-electron chi connectivity index (χ3n) is 6.89. The predicted octanol–water partition coefficient (Wildman–Crippen LogP) is 6.04. The molecule has 3 amide bonds. The number of carbonyl (C=O) groups is 2. The van der Waals surface area contributed by atoms with Crippen molar-refractivity contribution in [3.8, 4) is 11.5 Å². The molecule has 0 bridgehead atoms. The number of likely N-dealkylation sites (tertiary alicyclic amines) is 1. The number of halogens is 1. The van der Waals surface area contributed by atoms with E-state index in [0.29, 0.717) is 32.5 Å². The number of hydrogen-bond donors (Lipinski definition) is 2. The number of piperidine rings is 1. The molecule has 0 unspecified atom stereocenters. The summed E-state index contributed by atoms with van der Waals surface area (Å²) in [7, 11) is 2.05. The van der Waals surface area contributed by atoms with Gasteiger partial charge < -0.3 is 20.3 Å². The number of nitrogens with one attached hydrogen (secondary N) is 2. The topological polar surface area (TPSA) is 86.8 Å². The molecule has 2 aliphatic heterocycles. The van der Waals surface area contributed by atoms with E-state index in [1.54, 1.807) is 53.6 Å². The van der Waals surface area contributed by atoms with Gasteiger partial charge in [-0.25, -0.2) is 14.2 Å². The molecule has 0 aliphatic carbocycles. The Bertz CT molecular complexity index is 1570. The summed E-state index contributed by atoms with van der Waals surface area (Å²) in [5.74, 6) is -0.0741. The van der Waals surface area contributed by atoms with Gasteiger partial charge in [0.2, 0.25) is 0 Å². The number of carbonyl (C=O) groups excluding carboxylic acids is 2. The zero-order valence-electron chi connectivity index (χ0n) is 21.0. The molecular formula is C28H26FN5O3S. The number of likely N-dealkylation sites (N-methyl/N-ethyl adjacent to an activating group) is 1. The molecule has 2 aliphatic rings. The average Bonchev–Trinajstić information content (AvgIpc) is 3.26. The minimum atomic E-state index is -0.454. The first-order valence-electron chi connectivity index (χ1n) is 12.4. The second-order valence-electron chi connectivity index (χ2n) is 9.64. The van der Waals surface area contributed by atoms with Gasteiger partial charge in [0.1, 0.15) is 15.5 Å². The maximum Gasteiger partial charge on any atom is 0.331 e. The van der Waals surface area contributed by atoms with Crippen LogP contribution >= 0.6 is 11.3 Å². The van der Waals surface area contributed by atoms with E-state index in [1.807, 2.05) is 14.0 Å². The number of thiophene rings is 1. The first-order valence-corrected chi connectivity index (χ1v) is 13.3. The summed E-state index contributed by atoms with van der Waals surface area (Å²) in [6, 6.07) is 12.9. The summed E-state index contributed by atoms with van der Waals surface area (Å²) in [5.41, 5.74) is 2.54. The number of amides is 3. The Balaban J connectivity index is 1.33. The van der Waals surface area contributed by atoms with Gasteiger partial charge in [0.15, 0.2) is 11.6 Å². The molecule has 8 nitrogen and oxygen atoms in total. The highest BCUT2D eigenvalue weighted by Gasteiger charge is 2.34. The lowest BCUT2D eigenvalue weighted by atomic mass is 10.1. The summed E-state index contributed by atoms with van der Waals surface area (Å²) in [4.78, 5) is 36.1. The fourth-order valence-electron chi connectivity index (χ4n) is 5.12. The standard InChI is InChI=1S/C28H26FN5O3S/c1-16-14-18(37-22-8-4-3-7-19(22)29)9-10-20(16)34-21-11-12-30-27-23(21)24(32-28(34)36)25(38-27)26(35)31-17-6-5-13-33(2)15-17/h3-4,7-12,14,17H,5-6,13,15H2,1-2H3,(H,31,35)(H,32,36)/t17-/m0/s1. The molecule has 2 N–H and O–H groups in total. The Morgan fingerprint density at radius 2 is 2.05 bits per heavy atom. The number of hydrogen-bond acceptors (Lipinski definition) is 6. The summed E-state index contributed by atoms with van der Waals surface area (Å²) in [6.07, 6.45) is 3.60. The minimum absolute atomic E-state index is 0.0645. The van der Waals surface area contributed by atoms with E-state index in [4.69, 9.17) is 4.74 Å². The van der Waals surface area contributed by atoms with Crippen molar-refractivity contribution in [1.29, 1.82) is 0 Å². The van der Waals surface area contributed by atoms with E-state index < -0.39 is 5.82 Å². The number of pyridine rings is 1. The number of anilines is 3. The second-order valence-corrected chi connectivity index (χ2v) is 10.6. The lowest BCUT2D eigenvalue weighted by molar-refractivity contribution is 0.0917. The molecule has 1 atom stereocenters. The lowest BCUT2D eigenvalue weighted by Gasteiger charge is -2.31. The minimum Gasteiger partial charge on any atom is -0.454 e. The average molecular weight is 532 g/mol. The van der Waals surface area contributed by atoms with Crippen LogP contribution in [0.25, 0.3) is 10.2 Å². The molecule has 10 heteroatoms. The number of benzene rings is 2. The predicted molar refractivity (Wildman–Crippen MR) is 146 cm³/mol. The lowest BCUT2D eigenvalue weighted by Crippen LogP contribution is -2.46. The zero-order chi connectivity index (χ0) is 26.4. The van der Waals surface area contributed by atoms with Crippen LogP contribution in [0, 0.1) is 12.7 Å². The van der Waals surface area contributed by atoms with Crippen molar-refractivity contribution in [2.45, 2.75) is 25.8 Å². The number of rotatable bonds is 5. The van der Waals surface area contributed by atoms with Crippen LogP contribution in [-0.4, -0.2) is 48.0 Å². The number of ether oxygens (including phenoxy) is 1. The highest BCUT2D eigenvalue weighted by atomic mass is 32.1. The van der Waals surface area contributed by atoms with Crippen molar-refractivity contribution in [1.82, 2.24) is 15.2 Å². The van der Waals surface area contributed by atoms with Gasteiger partial charge in [-0.2, -0.15) is 0 Å². The third-order valence-corrected chi connectivity index (χ3v) is 7.98. The van der Waals surface area contributed by atoms with Crippen LogP contribution in [0.5, 0.6) is 11.5 Å². The summed E-state index contributed by atoms with van der Waals surface area (Å²) < 4.78 is 19.8. The van der Waals surface area contributed by atoms with E-state index in [1.165, 1.54) is 17.4 Å². The number of nitrogens with zero attached hydrogens (tertiary/aromatic N) is 3. The van der Waals surface area contributed by atoms with Crippen LogP contribution in [0.4, 0.5) is 26.2 Å². The van der Waals surface area contributed by atoms with Gasteiger partial charge in [-0.15, -0.1) is 11.3 Å². The Kier molecular flexibility index (Phi) is 6.21. The van der Waals surface area contributed by atoms with Gasteiger partial charge in [0, 0.05) is 18.8 Å². The number of aromatic nitrogens is 1. The monoisotopic (exact) mass is 531 g/mol. The molecule has 194 valence electrons.